The number of rotatable bonds is 6. The number of allylic oxidation sites excluding steroid dienone is 1. The van der Waals surface area contributed by atoms with Crippen molar-refractivity contribution in [1.82, 2.24) is 4.90 Å². The van der Waals surface area contributed by atoms with Crippen molar-refractivity contribution in [2.24, 2.45) is 5.73 Å². The highest BCUT2D eigenvalue weighted by Crippen LogP contribution is 2.54. The lowest BCUT2D eigenvalue weighted by atomic mass is 9.67. The van der Waals surface area contributed by atoms with Crippen LogP contribution in [0.2, 0.25) is 0 Å². The molecule has 1 amide bonds. The van der Waals surface area contributed by atoms with Crippen LogP contribution in [0.15, 0.2) is 47.0 Å². The molecule has 3 rings (SSSR count). The fraction of sp³-hybridized carbons (Fsp3) is 0.364. The molecule has 1 spiro atoms. The number of hydrogen-bond acceptors (Lipinski definition) is 9. The van der Waals surface area contributed by atoms with Crippen LogP contribution in [0.5, 0.6) is 5.75 Å². The van der Waals surface area contributed by atoms with Gasteiger partial charge >= 0.3 is 17.9 Å². The van der Waals surface area contributed by atoms with Gasteiger partial charge in [-0.25, -0.2) is 9.59 Å². The summed E-state index contributed by atoms with van der Waals surface area (Å²) < 4.78 is 20.7. The molecule has 0 radical (unpaired) electrons. The van der Waals surface area contributed by atoms with E-state index in [0.29, 0.717) is 0 Å². The number of methoxy groups -OCH3 is 1. The number of carbonyl (C=O) groups is 4. The first kappa shape index (κ1) is 22.9. The summed E-state index contributed by atoms with van der Waals surface area (Å²) in [5, 5.41) is 0. The van der Waals surface area contributed by atoms with Crippen molar-refractivity contribution >= 4 is 23.8 Å². The van der Waals surface area contributed by atoms with Crippen molar-refractivity contribution in [3.05, 3.63) is 52.6 Å². The van der Waals surface area contributed by atoms with Crippen molar-refractivity contribution in [2.75, 3.05) is 26.9 Å². The third kappa shape index (κ3) is 3.28. The van der Waals surface area contributed by atoms with E-state index in [-0.39, 0.29) is 47.3 Å². The standard InChI is InChI=1S/C22H24N2O8/c1-5-30-19(26)16-12(3)24(11-15(25)29-4)21(28)22(16)13-9-7-8-10-14(13)32-18(23)17(22)20(27)31-6-2/h7-10H,5-6,11,23H2,1-4H3/t22-/m0/s1. The highest BCUT2D eigenvalue weighted by molar-refractivity contribution is 6.17. The lowest BCUT2D eigenvalue weighted by molar-refractivity contribution is -0.147. The van der Waals surface area contributed by atoms with Crippen molar-refractivity contribution < 1.29 is 38.1 Å². The number of ether oxygens (including phenoxy) is 4. The summed E-state index contributed by atoms with van der Waals surface area (Å²) >= 11 is 0. The smallest absolute Gasteiger partial charge is 0.341 e. The van der Waals surface area contributed by atoms with Gasteiger partial charge in [-0.15, -0.1) is 0 Å². The van der Waals surface area contributed by atoms with E-state index >= 15 is 0 Å². The minimum atomic E-state index is -2.02. The van der Waals surface area contributed by atoms with Crippen LogP contribution in [0.3, 0.4) is 0 Å². The minimum Gasteiger partial charge on any atom is -0.468 e. The molecule has 2 aliphatic heterocycles. The zero-order chi connectivity index (χ0) is 23.6. The lowest BCUT2D eigenvalue weighted by Crippen LogP contribution is -2.50. The van der Waals surface area contributed by atoms with Crippen molar-refractivity contribution in [1.29, 1.82) is 0 Å². The van der Waals surface area contributed by atoms with Crippen molar-refractivity contribution in [3.8, 4) is 5.75 Å². The van der Waals surface area contributed by atoms with Gasteiger partial charge in [-0.2, -0.15) is 0 Å². The molecule has 0 aromatic heterocycles. The van der Waals surface area contributed by atoms with Crippen molar-refractivity contribution in [2.45, 2.75) is 26.2 Å². The Morgan fingerprint density at radius 3 is 2.25 bits per heavy atom. The quantitative estimate of drug-likeness (QED) is 0.501. The Morgan fingerprint density at radius 2 is 1.66 bits per heavy atom. The summed E-state index contributed by atoms with van der Waals surface area (Å²) in [5.74, 6) is -3.43. The van der Waals surface area contributed by atoms with Crippen LogP contribution < -0.4 is 10.5 Å². The zero-order valence-electron chi connectivity index (χ0n) is 18.2. The van der Waals surface area contributed by atoms with Gasteiger partial charge in [0.15, 0.2) is 0 Å². The number of esters is 3. The Labute approximate surface area is 184 Å². The monoisotopic (exact) mass is 444 g/mol. The van der Waals surface area contributed by atoms with E-state index in [1.54, 1.807) is 38.1 Å². The van der Waals surface area contributed by atoms with Gasteiger partial charge < -0.3 is 29.6 Å². The molecule has 2 heterocycles. The third-order valence-electron chi connectivity index (χ3n) is 5.31. The van der Waals surface area contributed by atoms with Gasteiger partial charge in [0.25, 0.3) is 0 Å². The molecule has 2 aliphatic rings. The Morgan fingerprint density at radius 1 is 1.06 bits per heavy atom. The number of benzene rings is 1. The molecule has 32 heavy (non-hydrogen) atoms. The van der Waals surface area contributed by atoms with E-state index in [0.717, 1.165) is 4.90 Å². The Balaban J connectivity index is 2.40. The minimum absolute atomic E-state index is 0.00909. The van der Waals surface area contributed by atoms with E-state index < -0.39 is 35.8 Å². The average molecular weight is 444 g/mol. The Hall–Kier alpha value is -3.82. The maximum atomic E-state index is 14.0. The molecular weight excluding hydrogens is 420 g/mol. The summed E-state index contributed by atoms with van der Waals surface area (Å²) in [5.41, 5.74) is 3.94. The van der Waals surface area contributed by atoms with E-state index in [1.165, 1.54) is 14.0 Å². The number of nitrogens with two attached hydrogens (primary N) is 1. The number of carbonyl (C=O) groups excluding carboxylic acids is 4. The normalized spacial score (nSPS) is 19.6. The van der Waals surface area contributed by atoms with E-state index in [4.69, 9.17) is 24.7 Å². The largest absolute Gasteiger partial charge is 0.468 e. The highest BCUT2D eigenvalue weighted by atomic mass is 16.5. The van der Waals surface area contributed by atoms with Gasteiger partial charge in [0, 0.05) is 11.3 Å². The molecule has 1 aromatic rings. The maximum absolute atomic E-state index is 14.0. The number of hydrogen-bond donors (Lipinski definition) is 1. The molecular formula is C22H24N2O8. The first-order valence-electron chi connectivity index (χ1n) is 9.97. The molecule has 0 bridgehead atoms. The fourth-order valence-corrected chi connectivity index (χ4v) is 4.05. The summed E-state index contributed by atoms with van der Waals surface area (Å²) in [6, 6.07) is 6.39. The van der Waals surface area contributed by atoms with Gasteiger partial charge in [-0.1, -0.05) is 18.2 Å². The maximum Gasteiger partial charge on any atom is 0.341 e. The molecule has 1 atom stereocenters. The van der Waals surface area contributed by atoms with Crippen LogP contribution in [0.1, 0.15) is 26.3 Å². The molecule has 170 valence electrons. The third-order valence-corrected chi connectivity index (χ3v) is 5.31. The van der Waals surface area contributed by atoms with E-state index in [2.05, 4.69) is 0 Å². The van der Waals surface area contributed by atoms with Crippen LogP contribution in [-0.4, -0.2) is 55.6 Å². The molecule has 2 N–H and O–H groups in total. The molecule has 10 heteroatoms. The summed E-state index contributed by atoms with van der Waals surface area (Å²) in [4.78, 5) is 53.4. The average Bonchev–Trinajstić information content (AvgIpc) is 2.96. The molecule has 1 aromatic carbocycles. The SMILES string of the molecule is CCOC(=O)C1=C(N)Oc2ccccc2[C@@]12C(=O)N(CC(=O)OC)C(C)=C2C(=O)OCC. The predicted molar refractivity (Wildman–Crippen MR) is 110 cm³/mol. The second-order valence-corrected chi connectivity index (χ2v) is 6.96. The van der Waals surface area contributed by atoms with Crippen molar-refractivity contribution in [3.63, 3.8) is 0 Å². The van der Waals surface area contributed by atoms with Crippen LogP contribution in [0.25, 0.3) is 0 Å². The number of nitrogens with zero attached hydrogens (tertiary/aromatic N) is 1. The van der Waals surface area contributed by atoms with E-state index in [1.807, 2.05) is 0 Å². The predicted octanol–water partition coefficient (Wildman–Crippen LogP) is 0.902. The van der Waals surface area contributed by atoms with Gasteiger partial charge in [0.05, 0.1) is 25.9 Å². The number of para-hydroxylation sites is 1. The van der Waals surface area contributed by atoms with Gasteiger partial charge in [0.1, 0.15) is 23.3 Å². The van der Waals surface area contributed by atoms with Gasteiger partial charge in [-0.05, 0) is 26.8 Å². The van der Waals surface area contributed by atoms with Gasteiger partial charge in [0.2, 0.25) is 11.8 Å². The second-order valence-electron chi connectivity index (χ2n) is 6.96. The lowest BCUT2D eigenvalue weighted by Gasteiger charge is -2.36. The molecule has 0 fully saturated rings. The Bertz CT molecular complexity index is 1060. The van der Waals surface area contributed by atoms with Crippen LogP contribution in [0.4, 0.5) is 0 Å². The van der Waals surface area contributed by atoms with E-state index in [9.17, 15) is 19.2 Å². The fourth-order valence-electron chi connectivity index (χ4n) is 4.05. The summed E-state index contributed by atoms with van der Waals surface area (Å²) in [6.45, 7) is 4.21. The first-order chi connectivity index (χ1) is 15.2. The summed E-state index contributed by atoms with van der Waals surface area (Å²) in [6.07, 6.45) is 0. The second kappa shape index (κ2) is 8.74. The zero-order valence-corrected chi connectivity index (χ0v) is 18.2. The van der Waals surface area contributed by atoms with Gasteiger partial charge in [-0.3, -0.25) is 9.59 Å². The molecule has 0 unspecified atom stereocenters. The topological polar surface area (TPSA) is 134 Å². The summed E-state index contributed by atoms with van der Waals surface area (Å²) in [7, 11) is 1.18. The Kier molecular flexibility index (Phi) is 6.24. The van der Waals surface area contributed by atoms with Crippen LogP contribution >= 0.6 is 0 Å². The molecule has 0 aliphatic carbocycles. The molecule has 0 saturated carbocycles. The molecule has 10 nitrogen and oxygen atoms in total. The first-order valence-corrected chi connectivity index (χ1v) is 9.97. The number of amides is 1. The molecule has 0 saturated heterocycles. The van der Waals surface area contributed by atoms with Crippen LogP contribution in [0, 0.1) is 0 Å². The number of fused-ring (bicyclic) bond motifs is 2. The van der Waals surface area contributed by atoms with Crippen LogP contribution in [-0.2, 0) is 38.8 Å². The highest BCUT2D eigenvalue weighted by Gasteiger charge is 2.64.